The fraction of sp³-hybridized carbons (Fsp3) is 0.417. The lowest BCUT2D eigenvalue weighted by Crippen LogP contribution is -2.38. The van der Waals surface area contributed by atoms with Crippen molar-refractivity contribution in [2.75, 3.05) is 26.7 Å². The van der Waals surface area contributed by atoms with Crippen molar-refractivity contribution >= 4 is 11.9 Å². The normalized spacial score (nSPS) is 12.8. The number of methoxy groups -OCH3 is 1. The number of hydrogen-bond donors (Lipinski definition) is 2. The summed E-state index contributed by atoms with van der Waals surface area (Å²) in [4.78, 5) is 26.3. The van der Waals surface area contributed by atoms with E-state index in [9.17, 15) is 9.59 Å². The van der Waals surface area contributed by atoms with Crippen LogP contribution in [-0.2, 0) is 24.2 Å². The quantitative estimate of drug-likeness (QED) is 0.625. The first-order chi connectivity index (χ1) is 14.7. The Bertz CT molecular complexity index is 853. The van der Waals surface area contributed by atoms with Gasteiger partial charge in [-0.25, -0.2) is 4.79 Å². The second-order valence-corrected chi connectivity index (χ2v) is 7.58. The Morgan fingerprint density at radius 1 is 1.00 bits per heavy atom. The third-order valence-electron chi connectivity index (χ3n) is 5.40. The number of rotatable bonds is 9. The molecule has 0 spiro atoms. The van der Waals surface area contributed by atoms with Gasteiger partial charge in [0.15, 0.2) is 0 Å². The van der Waals surface area contributed by atoms with E-state index in [1.165, 1.54) is 16.7 Å². The molecule has 160 valence electrons. The Hall–Kier alpha value is -3.02. The Kier molecular flexibility index (Phi) is 8.12. The van der Waals surface area contributed by atoms with Gasteiger partial charge in [-0.05, 0) is 54.5 Å². The topological polar surface area (TPSA) is 70.7 Å². The van der Waals surface area contributed by atoms with Crippen LogP contribution in [0.5, 0.6) is 5.75 Å². The molecule has 1 aliphatic rings. The zero-order valence-electron chi connectivity index (χ0n) is 17.7. The van der Waals surface area contributed by atoms with E-state index in [-0.39, 0.29) is 11.9 Å². The smallest absolute Gasteiger partial charge is 0.314 e. The predicted octanol–water partition coefficient (Wildman–Crippen LogP) is 3.29. The first-order valence-corrected chi connectivity index (χ1v) is 10.6. The minimum atomic E-state index is -0.181. The summed E-state index contributed by atoms with van der Waals surface area (Å²) in [6.45, 7) is 2.57. The summed E-state index contributed by atoms with van der Waals surface area (Å²) in [6.07, 6.45) is 3.76. The van der Waals surface area contributed by atoms with E-state index in [2.05, 4.69) is 28.8 Å². The lowest BCUT2D eigenvalue weighted by atomic mass is 9.99. The molecule has 0 bridgehead atoms. The summed E-state index contributed by atoms with van der Waals surface area (Å²) < 4.78 is 5.22. The van der Waals surface area contributed by atoms with E-state index in [0.29, 0.717) is 32.5 Å². The number of nitrogens with zero attached hydrogens (tertiary/aromatic N) is 1. The number of nitrogens with one attached hydrogen (secondary N) is 2. The van der Waals surface area contributed by atoms with Gasteiger partial charge in [0.2, 0.25) is 5.91 Å². The van der Waals surface area contributed by atoms with Gasteiger partial charge in [-0.15, -0.1) is 0 Å². The summed E-state index contributed by atoms with van der Waals surface area (Å²) in [5, 5.41) is 5.70. The van der Waals surface area contributed by atoms with Crippen LogP contribution >= 0.6 is 0 Å². The lowest BCUT2D eigenvalue weighted by Gasteiger charge is -2.29. The third kappa shape index (κ3) is 6.51. The van der Waals surface area contributed by atoms with Crippen LogP contribution in [0.1, 0.15) is 36.0 Å². The molecule has 2 aromatic carbocycles. The van der Waals surface area contributed by atoms with Crippen molar-refractivity contribution in [2.45, 2.75) is 38.6 Å². The number of aryl methyl sites for hydroxylation is 1. The molecule has 0 fully saturated rings. The molecule has 0 saturated heterocycles. The average molecular weight is 410 g/mol. The largest absolute Gasteiger partial charge is 0.497 e. The maximum Gasteiger partial charge on any atom is 0.314 e. The van der Waals surface area contributed by atoms with Gasteiger partial charge in [-0.2, -0.15) is 0 Å². The molecule has 2 aromatic rings. The monoisotopic (exact) mass is 409 g/mol. The van der Waals surface area contributed by atoms with E-state index in [4.69, 9.17) is 4.74 Å². The first-order valence-electron chi connectivity index (χ1n) is 10.6. The molecule has 0 aromatic heterocycles. The van der Waals surface area contributed by atoms with Gasteiger partial charge in [0.1, 0.15) is 5.75 Å². The van der Waals surface area contributed by atoms with Crippen LogP contribution in [-0.4, -0.2) is 43.6 Å². The van der Waals surface area contributed by atoms with E-state index in [0.717, 1.165) is 31.6 Å². The number of fused-ring (bicyclic) bond motifs is 1. The van der Waals surface area contributed by atoms with Gasteiger partial charge in [0, 0.05) is 32.6 Å². The maximum absolute atomic E-state index is 12.4. The van der Waals surface area contributed by atoms with Gasteiger partial charge in [-0.3, -0.25) is 4.79 Å². The van der Waals surface area contributed by atoms with Crippen molar-refractivity contribution in [1.82, 2.24) is 15.5 Å². The highest BCUT2D eigenvalue weighted by Crippen LogP contribution is 2.19. The highest BCUT2D eigenvalue weighted by Gasteiger charge is 2.19. The molecule has 2 N–H and O–H groups in total. The molecule has 0 aliphatic carbocycles. The summed E-state index contributed by atoms with van der Waals surface area (Å²) in [5.74, 6) is 1.01. The van der Waals surface area contributed by atoms with Gasteiger partial charge in [0.25, 0.3) is 0 Å². The molecule has 0 atom stereocenters. The summed E-state index contributed by atoms with van der Waals surface area (Å²) in [7, 11) is 1.66. The van der Waals surface area contributed by atoms with E-state index in [1.54, 1.807) is 7.11 Å². The number of carbonyl (C=O) groups is 2. The van der Waals surface area contributed by atoms with Crippen molar-refractivity contribution in [3.8, 4) is 5.75 Å². The van der Waals surface area contributed by atoms with Crippen molar-refractivity contribution < 1.29 is 14.3 Å². The summed E-state index contributed by atoms with van der Waals surface area (Å²) in [6, 6.07) is 16.1. The van der Waals surface area contributed by atoms with Crippen LogP contribution in [0.4, 0.5) is 4.79 Å². The van der Waals surface area contributed by atoms with Crippen LogP contribution in [0.15, 0.2) is 48.5 Å². The number of hydrogen-bond acceptors (Lipinski definition) is 3. The van der Waals surface area contributed by atoms with Crippen LogP contribution < -0.4 is 15.4 Å². The van der Waals surface area contributed by atoms with Crippen molar-refractivity contribution in [3.05, 3.63) is 65.2 Å². The second-order valence-electron chi connectivity index (χ2n) is 7.58. The predicted molar refractivity (Wildman–Crippen MR) is 118 cm³/mol. The Morgan fingerprint density at radius 2 is 1.77 bits per heavy atom. The Morgan fingerprint density at radius 3 is 2.57 bits per heavy atom. The fourth-order valence-electron chi connectivity index (χ4n) is 3.69. The molecule has 3 amide bonds. The zero-order valence-corrected chi connectivity index (χ0v) is 17.7. The van der Waals surface area contributed by atoms with E-state index >= 15 is 0 Å². The molecule has 3 rings (SSSR count). The van der Waals surface area contributed by atoms with Crippen LogP contribution in [0, 0.1) is 0 Å². The number of urea groups is 1. The first kappa shape index (κ1) is 21.7. The lowest BCUT2D eigenvalue weighted by molar-refractivity contribution is -0.132. The minimum Gasteiger partial charge on any atom is -0.497 e. The molecule has 1 heterocycles. The average Bonchev–Trinajstić information content (AvgIpc) is 2.79. The van der Waals surface area contributed by atoms with Crippen molar-refractivity contribution in [3.63, 3.8) is 0 Å². The SMILES string of the molecule is COc1cccc(CCCNC(=O)NCCCC(=O)N2CCc3ccccc3C2)c1. The zero-order chi connectivity index (χ0) is 21.2. The minimum absolute atomic E-state index is 0.157. The van der Waals surface area contributed by atoms with Gasteiger partial charge in [0.05, 0.1) is 7.11 Å². The molecule has 0 radical (unpaired) electrons. The molecule has 6 heteroatoms. The number of benzene rings is 2. The number of carbonyl (C=O) groups excluding carboxylic acids is 2. The molecule has 6 nitrogen and oxygen atoms in total. The fourth-order valence-corrected chi connectivity index (χ4v) is 3.69. The molecular formula is C24H31N3O3. The van der Waals surface area contributed by atoms with Gasteiger partial charge < -0.3 is 20.3 Å². The van der Waals surface area contributed by atoms with E-state index < -0.39 is 0 Å². The van der Waals surface area contributed by atoms with Crippen molar-refractivity contribution in [1.29, 1.82) is 0 Å². The van der Waals surface area contributed by atoms with Crippen molar-refractivity contribution in [2.24, 2.45) is 0 Å². The maximum atomic E-state index is 12.4. The number of ether oxygens (including phenoxy) is 1. The Labute approximate surface area is 178 Å². The molecule has 30 heavy (non-hydrogen) atoms. The number of amides is 3. The molecule has 0 saturated carbocycles. The van der Waals surface area contributed by atoms with Crippen LogP contribution in [0.2, 0.25) is 0 Å². The molecular weight excluding hydrogens is 378 g/mol. The summed E-state index contributed by atoms with van der Waals surface area (Å²) in [5.41, 5.74) is 3.77. The Balaban J connectivity index is 1.25. The highest BCUT2D eigenvalue weighted by molar-refractivity contribution is 5.77. The van der Waals surface area contributed by atoms with Crippen LogP contribution in [0.25, 0.3) is 0 Å². The summed E-state index contributed by atoms with van der Waals surface area (Å²) >= 11 is 0. The van der Waals surface area contributed by atoms with Crippen LogP contribution in [0.3, 0.4) is 0 Å². The van der Waals surface area contributed by atoms with E-state index in [1.807, 2.05) is 35.2 Å². The second kappa shape index (κ2) is 11.2. The standard InChI is InChI=1S/C24H31N3O3/c1-30-22-11-4-7-19(17-22)8-5-14-25-24(29)26-15-6-12-23(28)27-16-13-20-9-2-3-10-21(20)18-27/h2-4,7,9-11,17H,5-6,8,12-16,18H2,1H3,(H2,25,26,29). The molecule has 0 unspecified atom stereocenters. The van der Waals surface area contributed by atoms with Gasteiger partial charge in [-0.1, -0.05) is 36.4 Å². The molecule has 1 aliphatic heterocycles. The van der Waals surface area contributed by atoms with Gasteiger partial charge >= 0.3 is 6.03 Å². The third-order valence-corrected chi connectivity index (χ3v) is 5.40. The highest BCUT2D eigenvalue weighted by atomic mass is 16.5.